The first-order chi connectivity index (χ1) is 9.81. The highest BCUT2D eigenvalue weighted by Crippen LogP contribution is 2.16. The van der Waals surface area contributed by atoms with E-state index in [4.69, 9.17) is 5.11 Å². The highest BCUT2D eigenvalue weighted by atomic mass is 16.4. The van der Waals surface area contributed by atoms with Crippen LogP contribution in [0.5, 0.6) is 0 Å². The first kappa shape index (κ1) is 15.0. The monoisotopic (exact) mass is 286 g/mol. The van der Waals surface area contributed by atoms with E-state index in [-0.39, 0.29) is 5.92 Å². The predicted octanol–water partition coefficient (Wildman–Crippen LogP) is 2.67. The van der Waals surface area contributed by atoms with Crippen LogP contribution in [0, 0.1) is 13.8 Å². The topological polar surface area (TPSA) is 72.2 Å². The minimum atomic E-state index is -1.31. The number of carbonyl (C=O) groups is 1. The molecule has 1 heterocycles. The van der Waals surface area contributed by atoms with Crippen molar-refractivity contribution >= 4 is 5.97 Å². The van der Waals surface area contributed by atoms with Gasteiger partial charge in [-0.25, -0.2) is 9.48 Å². The molecule has 0 bridgehead atoms. The zero-order valence-electron chi connectivity index (χ0n) is 12.5. The van der Waals surface area contributed by atoms with E-state index in [2.05, 4.69) is 5.10 Å². The molecule has 110 valence electrons. The van der Waals surface area contributed by atoms with Gasteiger partial charge in [-0.15, -0.1) is 0 Å². The zero-order valence-corrected chi connectivity index (χ0v) is 12.5. The summed E-state index contributed by atoms with van der Waals surface area (Å²) in [5.41, 5.74) is 2.44. The van der Waals surface area contributed by atoms with E-state index in [0.717, 1.165) is 16.8 Å². The van der Waals surface area contributed by atoms with E-state index in [1.807, 2.05) is 45.9 Å². The van der Waals surface area contributed by atoms with Crippen LogP contribution >= 0.6 is 0 Å². The van der Waals surface area contributed by atoms with Crippen molar-refractivity contribution in [1.29, 1.82) is 0 Å². The second kappa shape index (κ2) is 5.52. The van der Waals surface area contributed by atoms with E-state index < -0.39 is 17.1 Å². The molecule has 5 heteroatoms. The van der Waals surface area contributed by atoms with Crippen LogP contribution in [0.1, 0.15) is 46.9 Å². The third kappa shape index (κ3) is 2.86. The van der Waals surface area contributed by atoms with Crippen LogP contribution < -0.4 is 5.43 Å². The van der Waals surface area contributed by atoms with Crippen molar-refractivity contribution < 1.29 is 9.90 Å². The van der Waals surface area contributed by atoms with Gasteiger partial charge in [0.25, 0.3) is 0 Å². The van der Waals surface area contributed by atoms with Crippen LogP contribution in [-0.2, 0) is 0 Å². The first-order valence-corrected chi connectivity index (χ1v) is 6.76. The van der Waals surface area contributed by atoms with Crippen molar-refractivity contribution in [3.63, 3.8) is 0 Å². The molecule has 5 nitrogen and oxygen atoms in total. The lowest BCUT2D eigenvalue weighted by Gasteiger charge is -2.12. The molecule has 0 amide bonds. The largest absolute Gasteiger partial charge is 0.476 e. The van der Waals surface area contributed by atoms with E-state index in [1.54, 1.807) is 6.20 Å². The molecule has 0 fully saturated rings. The van der Waals surface area contributed by atoms with Gasteiger partial charge in [0.1, 0.15) is 0 Å². The van der Waals surface area contributed by atoms with Gasteiger partial charge in [0, 0.05) is 11.8 Å². The average molecular weight is 286 g/mol. The number of hydrogen-bond acceptors (Lipinski definition) is 3. The summed E-state index contributed by atoms with van der Waals surface area (Å²) in [6, 6.07) is 5.72. The van der Waals surface area contributed by atoms with Gasteiger partial charge in [0.15, 0.2) is 0 Å². The summed E-state index contributed by atoms with van der Waals surface area (Å²) in [4.78, 5) is 23.3. The second-order valence-corrected chi connectivity index (χ2v) is 5.44. The number of carboxylic acids is 1. The maximum Gasteiger partial charge on any atom is 0.360 e. The number of aryl methyl sites for hydroxylation is 2. The fourth-order valence-corrected chi connectivity index (χ4v) is 2.06. The SMILES string of the molecule is Cc1ccc(-n2cc(C(C)C)c(=O)c(C(=O)O)n2)cc1C. The van der Waals surface area contributed by atoms with Crippen molar-refractivity contribution in [2.24, 2.45) is 0 Å². The Bertz CT molecular complexity index is 761. The van der Waals surface area contributed by atoms with Crippen molar-refractivity contribution in [2.45, 2.75) is 33.6 Å². The summed E-state index contributed by atoms with van der Waals surface area (Å²) in [5.74, 6) is -1.38. The van der Waals surface area contributed by atoms with Gasteiger partial charge in [-0.1, -0.05) is 19.9 Å². The Morgan fingerprint density at radius 1 is 1.24 bits per heavy atom. The number of carboxylic acid groups (broad SMARTS) is 1. The molecule has 2 aromatic rings. The van der Waals surface area contributed by atoms with Gasteiger partial charge in [-0.05, 0) is 43.0 Å². The summed E-state index contributed by atoms with van der Waals surface area (Å²) < 4.78 is 1.46. The van der Waals surface area contributed by atoms with Crippen molar-refractivity contribution in [1.82, 2.24) is 9.78 Å². The highest BCUT2D eigenvalue weighted by Gasteiger charge is 2.18. The first-order valence-electron chi connectivity index (χ1n) is 6.76. The fourth-order valence-electron chi connectivity index (χ4n) is 2.06. The van der Waals surface area contributed by atoms with Gasteiger partial charge in [-0.2, -0.15) is 5.10 Å². The van der Waals surface area contributed by atoms with Gasteiger partial charge in [0.05, 0.1) is 5.69 Å². The summed E-state index contributed by atoms with van der Waals surface area (Å²) in [5, 5.41) is 13.1. The third-order valence-electron chi connectivity index (χ3n) is 3.53. The molecule has 0 unspecified atom stereocenters. The predicted molar refractivity (Wildman–Crippen MR) is 80.4 cm³/mol. The maximum absolute atomic E-state index is 12.1. The Morgan fingerprint density at radius 2 is 1.90 bits per heavy atom. The number of aromatic carboxylic acids is 1. The normalized spacial score (nSPS) is 10.9. The molecule has 2 rings (SSSR count). The van der Waals surface area contributed by atoms with E-state index >= 15 is 0 Å². The Kier molecular flexibility index (Phi) is 3.93. The number of hydrogen-bond donors (Lipinski definition) is 1. The smallest absolute Gasteiger partial charge is 0.360 e. The lowest BCUT2D eigenvalue weighted by Crippen LogP contribution is -2.25. The standard InChI is InChI=1S/C16H18N2O3/c1-9(2)13-8-18(17-14(15(13)19)16(20)21)12-6-5-10(3)11(4)7-12/h5-9H,1-4H3,(H,20,21). The summed E-state index contributed by atoms with van der Waals surface area (Å²) in [7, 11) is 0. The summed E-state index contributed by atoms with van der Waals surface area (Å²) >= 11 is 0. The van der Waals surface area contributed by atoms with E-state index in [0.29, 0.717) is 5.56 Å². The van der Waals surface area contributed by atoms with Crippen LogP contribution in [0.3, 0.4) is 0 Å². The lowest BCUT2D eigenvalue weighted by atomic mass is 10.0. The van der Waals surface area contributed by atoms with Crippen molar-refractivity contribution in [2.75, 3.05) is 0 Å². The second-order valence-electron chi connectivity index (χ2n) is 5.44. The Labute approximate surface area is 122 Å². The van der Waals surface area contributed by atoms with Crippen molar-refractivity contribution in [3.8, 4) is 5.69 Å². The van der Waals surface area contributed by atoms with Crippen LogP contribution in [0.25, 0.3) is 5.69 Å². The van der Waals surface area contributed by atoms with E-state index in [1.165, 1.54) is 4.68 Å². The molecule has 1 aromatic heterocycles. The Morgan fingerprint density at radius 3 is 2.43 bits per heavy atom. The van der Waals surface area contributed by atoms with Crippen LogP contribution in [0.15, 0.2) is 29.2 Å². The summed E-state index contributed by atoms with van der Waals surface area (Å²) in [6.45, 7) is 7.68. The third-order valence-corrected chi connectivity index (χ3v) is 3.53. The molecule has 0 saturated carbocycles. The minimum Gasteiger partial charge on any atom is -0.476 e. The molecule has 21 heavy (non-hydrogen) atoms. The minimum absolute atomic E-state index is 0.0728. The molecule has 0 saturated heterocycles. The van der Waals surface area contributed by atoms with Crippen LogP contribution in [0.4, 0.5) is 0 Å². The summed E-state index contributed by atoms with van der Waals surface area (Å²) in [6.07, 6.45) is 1.61. The fraction of sp³-hybridized carbons (Fsp3) is 0.312. The molecular formula is C16H18N2O3. The van der Waals surface area contributed by atoms with Gasteiger partial charge >= 0.3 is 5.97 Å². The van der Waals surface area contributed by atoms with Gasteiger partial charge < -0.3 is 5.11 Å². The number of rotatable bonds is 3. The number of aromatic nitrogens is 2. The average Bonchev–Trinajstić information content (AvgIpc) is 2.41. The van der Waals surface area contributed by atoms with Gasteiger partial charge in [-0.3, -0.25) is 4.79 Å². The lowest BCUT2D eigenvalue weighted by molar-refractivity contribution is 0.0686. The quantitative estimate of drug-likeness (QED) is 0.941. The van der Waals surface area contributed by atoms with Crippen LogP contribution in [0.2, 0.25) is 0 Å². The molecule has 0 aliphatic carbocycles. The van der Waals surface area contributed by atoms with E-state index in [9.17, 15) is 9.59 Å². The number of nitrogens with zero attached hydrogens (tertiary/aromatic N) is 2. The van der Waals surface area contributed by atoms with Crippen LogP contribution in [-0.4, -0.2) is 20.9 Å². The molecule has 1 N–H and O–H groups in total. The molecule has 1 aromatic carbocycles. The van der Waals surface area contributed by atoms with Gasteiger partial charge in [0.2, 0.25) is 11.1 Å². The Balaban J connectivity index is 2.71. The zero-order chi connectivity index (χ0) is 15.7. The molecular weight excluding hydrogens is 268 g/mol. The Hall–Kier alpha value is -2.43. The molecule has 0 spiro atoms. The molecule has 0 aliphatic heterocycles. The molecule has 0 radical (unpaired) electrons. The maximum atomic E-state index is 12.1. The van der Waals surface area contributed by atoms with Crippen molar-refractivity contribution in [3.05, 3.63) is 57.0 Å². The molecule has 0 atom stereocenters. The highest BCUT2D eigenvalue weighted by molar-refractivity contribution is 5.85. The molecule has 0 aliphatic rings. The number of benzene rings is 1.